The van der Waals surface area contributed by atoms with E-state index < -0.39 is 11.4 Å². The van der Waals surface area contributed by atoms with E-state index in [1.165, 1.54) is 32.1 Å². The minimum Gasteiger partial charge on any atom is -0.481 e. The standard InChI is InChI=1S/C18H29N5O2/c1-13-19-20-16(21(13)2)10-22-8-14-9-23(15-6-4-3-5-7-15)12-18(14,11-22)17(24)25/h14-15H,3-12H2,1-2H3,(H,24,25)/t14-,18-/m0/s1. The molecule has 3 fully saturated rings. The van der Waals surface area contributed by atoms with Gasteiger partial charge >= 0.3 is 5.97 Å². The van der Waals surface area contributed by atoms with Crippen LogP contribution in [0.4, 0.5) is 0 Å². The molecule has 0 unspecified atom stereocenters. The van der Waals surface area contributed by atoms with E-state index in [4.69, 9.17) is 0 Å². The van der Waals surface area contributed by atoms with E-state index in [2.05, 4.69) is 20.0 Å². The van der Waals surface area contributed by atoms with Gasteiger partial charge in [-0.1, -0.05) is 19.3 Å². The van der Waals surface area contributed by atoms with Crippen LogP contribution in [0, 0.1) is 18.3 Å². The van der Waals surface area contributed by atoms with E-state index in [1.54, 1.807) is 0 Å². The van der Waals surface area contributed by atoms with Gasteiger partial charge in [-0.05, 0) is 19.8 Å². The Morgan fingerprint density at radius 2 is 1.96 bits per heavy atom. The van der Waals surface area contributed by atoms with Crippen LogP contribution in [-0.4, -0.2) is 67.9 Å². The van der Waals surface area contributed by atoms with Crippen molar-refractivity contribution in [3.05, 3.63) is 11.6 Å². The van der Waals surface area contributed by atoms with E-state index in [0.29, 0.717) is 25.7 Å². The summed E-state index contributed by atoms with van der Waals surface area (Å²) in [6, 6.07) is 0.602. The Morgan fingerprint density at radius 3 is 2.56 bits per heavy atom. The van der Waals surface area contributed by atoms with Crippen LogP contribution in [0.15, 0.2) is 0 Å². The first-order chi connectivity index (χ1) is 12.0. The molecule has 1 aromatic rings. The number of nitrogens with zero attached hydrogens (tertiary/aromatic N) is 5. The van der Waals surface area contributed by atoms with E-state index in [9.17, 15) is 9.90 Å². The summed E-state index contributed by atoms with van der Waals surface area (Å²) < 4.78 is 2.00. The lowest BCUT2D eigenvalue weighted by Crippen LogP contribution is -2.43. The summed E-state index contributed by atoms with van der Waals surface area (Å²) in [7, 11) is 1.97. The van der Waals surface area contributed by atoms with Gasteiger partial charge in [-0.3, -0.25) is 14.6 Å². The fourth-order valence-electron chi connectivity index (χ4n) is 5.14. The maximum Gasteiger partial charge on any atom is 0.312 e. The van der Waals surface area contributed by atoms with Crippen LogP contribution in [0.25, 0.3) is 0 Å². The van der Waals surface area contributed by atoms with E-state index in [-0.39, 0.29) is 5.92 Å². The lowest BCUT2D eigenvalue weighted by atomic mass is 9.81. The number of hydrogen-bond acceptors (Lipinski definition) is 5. The number of aryl methyl sites for hydroxylation is 1. The molecular formula is C18H29N5O2. The number of carboxylic acids is 1. The van der Waals surface area contributed by atoms with E-state index in [1.807, 2.05) is 18.5 Å². The number of hydrogen-bond donors (Lipinski definition) is 1. The fraction of sp³-hybridized carbons (Fsp3) is 0.833. The van der Waals surface area contributed by atoms with Crippen LogP contribution in [0.5, 0.6) is 0 Å². The normalized spacial score (nSPS) is 31.5. The minimum atomic E-state index is -0.618. The molecule has 7 heteroatoms. The lowest BCUT2D eigenvalue weighted by Gasteiger charge is -2.33. The van der Waals surface area contributed by atoms with Gasteiger partial charge in [0.05, 0.1) is 12.0 Å². The molecule has 0 radical (unpaired) electrons. The van der Waals surface area contributed by atoms with Gasteiger partial charge in [-0.25, -0.2) is 0 Å². The first-order valence-electron chi connectivity index (χ1n) is 9.54. The van der Waals surface area contributed by atoms with Gasteiger partial charge in [-0.2, -0.15) is 0 Å². The van der Waals surface area contributed by atoms with Gasteiger partial charge in [0.2, 0.25) is 0 Å². The highest BCUT2D eigenvalue weighted by Crippen LogP contribution is 2.45. The van der Waals surface area contributed by atoms with Gasteiger partial charge in [0.15, 0.2) is 0 Å². The SMILES string of the molecule is Cc1nnc(CN2C[C@H]3CN(C4CCCCC4)C[C@@]3(C(=O)O)C2)n1C. The Morgan fingerprint density at radius 1 is 1.20 bits per heavy atom. The molecule has 1 aromatic heterocycles. The number of aromatic nitrogens is 3. The van der Waals surface area contributed by atoms with Crippen LogP contribution < -0.4 is 0 Å². The summed E-state index contributed by atoms with van der Waals surface area (Å²) in [5.41, 5.74) is -0.606. The average molecular weight is 347 g/mol. The van der Waals surface area contributed by atoms with Crippen LogP contribution in [0.3, 0.4) is 0 Å². The molecule has 2 atom stereocenters. The van der Waals surface area contributed by atoms with Crippen molar-refractivity contribution in [3.63, 3.8) is 0 Å². The third-order valence-electron chi connectivity index (χ3n) is 6.77. The molecular weight excluding hydrogens is 318 g/mol. The summed E-state index contributed by atoms with van der Waals surface area (Å²) in [6.45, 7) is 5.75. The van der Waals surface area contributed by atoms with Crippen LogP contribution in [-0.2, 0) is 18.4 Å². The quantitative estimate of drug-likeness (QED) is 0.884. The molecule has 1 N–H and O–H groups in total. The Labute approximate surface area is 149 Å². The maximum absolute atomic E-state index is 12.2. The largest absolute Gasteiger partial charge is 0.481 e. The third-order valence-corrected chi connectivity index (χ3v) is 6.77. The molecule has 1 saturated carbocycles. The zero-order valence-corrected chi connectivity index (χ0v) is 15.3. The smallest absolute Gasteiger partial charge is 0.312 e. The monoisotopic (exact) mass is 347 g/mol. The van der Waals surface area contributed by atoms with Crippen molar-refractivity contribution < 1.29 is 9.90 Å². The second-order valence-corrected chi connectivity index (χ2v) is 8.27. The van der Waals surface area contributed by atoms with Crippen LogP contribution >= 0.6 is 0 Å². The van der Waals surface area contributed by atoms with E-state index in [0.717, 1.165) is 24.7 Å². The summed E-state index contributed by atoms with van der Waals surface area (Å²) in [6.07, 6.45) is 6.41. The van der Waals surface area contributed by atoms with Crippen LogP contribution in [0.1, 0.15) is 43.8 Å². The first-order valence-corrected chi connectivity index (χ1v) is 9.54. The maximum atomic E-state index is 12.2. The zero-order chi connectivity index (χ0) is 17.6. The highest BCUT2D eigenvalue weighted by molar-refractivity contribution is 5.77. The van der Waals surface area contributed by atoms with Gasteiger partial charge in [0, 0.05) is 45.2 Å². The summed E-state index contributed by atoms with van der Waals surface area (Å²) in [4.78, 5) is 17.0. The Balaban J connectivity index is 1.47. The van der Waals surface area contributed by atoms with Gasteiger partial charge in [0.1, 0.15) is 11.6 Å². The van der Waals surface area contributed by atoms with Crippen molar-refractivity contribution in [2.45, 2.75) is 51.6 Å². The molecule has 0 amide bonds. The van der Waals surface area contributed by atoms with Crippen molar-refractivity contribution in [2.24, 2.45) is 18.4 Å². The Bertz CT molecular complexity index is 654. The Hall–Kier alpha value is -1.47. The topological polar surface area (TPSA) is 74.5 Å². The predicted octanol–water partition coefficient (Wildman–Crippen LogP) is 1.27. The third kappa shape index (κ3) is 2.87. The first kappa shape index (κ1) is 17.0. The summed E-state index contributed by atoms with van der Waals surface area (Å²) >= 11 is 0. The highest BCUT2D eigenvalue weighted by atomic mass is 16.4. The van der Waals surface area contributed by atoms with Crippen molar-refractivity contribution in [1.82, 2.24) is 24.6 Å². The molecule has 0 bridgehead atoms. The number of carbonyl (C=O) groups is 1. The average Bonchev–Trinajstić information content (AvgIpc) is 3.22. The number of likely N-dealkylation sites (tertiary alicyclic amines) is 2. The molecule has 4 rings (SSSR count). The predicted molar refractivity (Wildman–Crippen MR) is 93.0 cm³/mol. The second-order valence-electron chi connectivity index (χ2n) is 8.27. The van der Waals surface area contributed by atoms with Gasteiger partial charge in [0.25, 0.3) is 0 Å². The number of aliphatic carboxylic acids is 1. The summed E-state index contributed by atoms with van der Waals surface area (Å²) in [5, 5.41) is 18.4. The molecule has 0 spiro atoms. The zero-order valence-electron chi connectivity index (χ0n) is 15.3. The van der Waals surface area contributed by atoms with Gasteiger partial charge in [-0.15, -0.1) is 10.2 Å². The molecule has 2 aliphatic heterocycles. The molecule has 3 heterocycles. The van der Waals surface area contributed by atoms with Crippen molar-refractivity contribution >= 4 is 5.97 Å². The molecule has 0 aromatic carbocycles. The molecule has 25 heavy (non-hydrogen) atoms. The molecule has 138 valence electrons. The van der Waals surface area contributed by atoms with Crippen molar-refractivity contribution in [1.29, 1.82) is 0 Å². The van der Waals surface area contributed by atoms with E-state index >= 15 is 0 Å². The molecule has 3 aliphatic rings. The summed E-state index contributed by atoms with van der Waals surface area (Å²) in [5.74, 6) is 1.42. The van der Waals surface area contributed by atoms with Gasteiger partial charge < -0.3 is 9.67 Å². The lowest BCUT2D eigenvalue weighted by molar-refractivity contribution is -0.149. The van der Waals surface area contributed by atoms with Crippen molar-refractivity contribution in [3.8, 4) is 0 Å². The van der Waals surface area contributed by atoms with Crippen molar-refractivity contribution in [2.75, 3.05) is 26.2 Å². The Kier molecular flexibility index (Phi) is 4.32. The molecule has 2 saturated heterocycles. The minimum absolute atomic E-state index is 0.223. The fourth-order valence-corrected chi connectivity index (χ4v) is 5.14. The number of rotatable bonds is 4. The second kappa shape index (κ2) is 6.36. The van der Waals surface area contributed by atoms with Crippen LogP contribution in [0.2, 0.25) is 0 Å². The molecule has 7 nitrogen and oxygen atoms in total. The number of fused-ring (bicyclic) bond motifs is 1. The molecule has 1 aliphatic carbocycles. The highest BCUT2D eigenvalue weighted by Gasteiger charge is 2.58. The number of carboxylic acid groups (broad SMARTS) is 1.